The highest BCUT2D eigenvalue weighted by molar-refractivity contribution is 6.31. The lowest BCUT2D eigenvalue weighted by Gasteiger charge is -2.08. The molecule has 0 bridgehead atoms. The molecule has 0 atom stereocenters. The quantitative estimate of drug-likeness (QED) is 0.761. The number of nitrogens with one attached hydrogen (secondary N) is 1. The predicted molar refractivity (Wildman–Crippen MR) is 97.4 cm³/mol. The van der Waals surface area contributed by atoms with Crippen molar-refractivity contribution in [2.45, 2.75) is 19.8 Å². The number of carbonyl (C=O) groups is 1. The summed E-state index contributed by atoms with van der Waals surface area (Å²) in [5.41, 5.74) is 3.64. The molecule has 3 aromatic rings. The SMILES string of the molecule is Cc1ccc(CCC(=O)Nc2cccc(-c3nnnn3C)c2)cc1Cl. The molecule has 128 valence electrons. The molecular formula is C18H18ClN5O. The van der Waals surface area contributed by atoms with E-state index >= 15 is 0 Å². The Hall–Kier alpha value is -2.73. The van der Waals surface area contributed by atoms with E-state index in [-0.39, 0.29) is 5.91 Å². The minimum atomic E-state index is -0.0510. The van der Waals surface area contributed by atoms with Gasteiger partial charge in [-0.3, -0.25) is 4.79 Å². The number of aryl methyl sites for hydroxylation is 3. The number of nitrogens with zero attached hydrogens (tertiary/aromatic N) is 4. The zero-order chi connectivity index (χ0) is 17.8. The largest absolute Gasteiger partial charge is 0.326 e. The van der Waals surface area contributed by atoms with Gasteiger partial charge in [0.25, 0.3) is 0 Å². The van der Waals surface area contributed by atoms with E-state index in [0.29, 0.717) is 24.4 Å². The fourth-order valence-electron chi connectivity index (χ4n) is 2.48. The molecule has 2 aromatic carbocycles. The smallest absolute Gasteiger partial charge is 0.224 e. The Bertz CT molecular complexity index is 906. The minimum absolute atomic E-state index is 0.0510. The number of anilines is 1. The van der Waals surface area contributed by atoms with E-state index in [1.54, 1.807) is 11.7 Å². The Kier molecular flexibility index (Phi) is 5.09. The topological polar surface area (TPSA) is 72.7 Å². The number of hydrogen-bond donors (Lipinski definition) is 1. The number of carbonyl (C=O) groups excluding carboxylic acids is 1. The van der Waals surface area contributed by atoms with E-state index in [1.165, 1.54) is 0 Å². The molecule has 7 heteroatoms. The number of tetrazole rings is 1. The third-order valence-electron chi connectivity index (χ3n) is 3.90. The molecule has 0 saturated heterocycles. The average molecular weight is 356 g/mol. The number of hydrogen-bond acceptors (Lipinski definition) is 4. The number of amides is 1. The van der Waals surface area contributed by atoms with Crippen LogP contribution in [-0.2, 0) is 18.3 Å². The molecular weight excluding hydrogens is 338 g/mol. The Labute approximate surface area is 150 Å². The first-order valence-electron chi connectivity index (χ1n) is 7.90. The fourth-order valence-corrected chi connectivity index (χ4v) is 2.69. The zero-order valence-electron chi connectivity index (χ0n) is 14.0. The molecule has 1 amide bonds. The number of aromatic nitrogens is 4. The highest BCUT2D eigenvalue weighted by Crippen LogP contribution is 2.20. The van der Waals surface area contributed by atoms with Crippen molar-refractivity contribution in [3.8, 4) is 11.4 Å². The van der Waals surface area contributed by atoms with Crippen LogP contribution in [0.1, 0.15) is 17.5 Å². The molecule has 0 aliphatic rings. The van der Waals surface area contributed by atoms with Gasteiger partial charge in [0, 0.05) is 29.7 Å². The second kappa shape index (κ2) is 7.44. The highest BCUT2D eigenvalue weighted by Gasteiger charge is 2.08. The maximum atomic E-state index is 12.2. The summed E-state index contributed by atoms with van der Waals surface area (Å²) in [6, 6.07) is 13.3. The normalized spacial score (nSPS) is 10.7. The Morgan fingerprint density at radius 2 is 2.08 bits per heavy atom. The third kappa shape index (κ3) is 4.22. The first-order chi connectivity index (χ1) is 12.0. The van der Waals surface area contributed by atoms with Crippen molar-refractivity contribution in [1.29, 1.82) is 0 Å². The average Bonchev–Trinajstić information content (AvgIpc) is 3.02. The zero-order valence-corrected chi connectivity index (χ0v) is 14.8. The third-order valence-corrected chi connectivity index (χ3v) is 4.31. The van der Waals surface area contributed by atoms with Crippen LogP contribution in [0.4, 0.5) is 5.69 Å². The van der Waals surface area contributed by atoms with Gasteiger partial charge in [-0.15, -0.1) is 5.10 Å². The molecule has 0 radical (unpaired) electrons. The fraction of sp³-hybridized carbons (Fsp3) is 0.222. The van der Waals surface area contributed by atoms with Crippen LogP contribution in [-0.4, -0.2) is 26.1 Å². The summed E-state index contributed by atoms with van der Waals surface area (Å²) in [5.74, 6) is 0.593. The van der Waals surface area contributed by atoms with Crippen molar-refractivity contribution in [3.63, 3.8) is 0 Å². The highest BCUT2D eigenvalue weighted by atomic mass is 35.5. The Morgan fingerprint density at radius 3 is 2.80 bits per heavy atom. The molecule has 0 fully saturated rings. The lowest BCUT2D eigenvalue weighted by molar-refractivity contribution is -0.116. The molecule has 3 rings (SSSR count). The van der Waals surface area contributed by atoms with E-state index in [4.69, 9.17) is 11.6 Å². The van der Waals surface area contributed by atoms with Gasteiger partial charge in [-0.1, -0.05) is 35.9 Å². The monoisotopic (exact) mass is 355 g/mol. The lowest BCUT2D eigenvalue weighted by Crippen LogP contribution is -2.12. The van der Waals surface area contributed by atoms with Crippen LogP contribution in [0.5, 0.6) is 0 Å². The van der Waals surface area contributed by atoms with Gasteiger partial charge in [0.05, 0.1) is 0 Å². The van der Waals surface area contributed by atoms with Crippen LogP contribution >= 0.6 is 11.6 Å². The van der Waals surface area contributed by atoms with Crippen molar-refractivity contribution < 1.29 is 4.79 Å². The van der Waals surface area contributed by atoms with Crippen LogP contribution in [0.3, 0.4) is 0 Å². The van der Waals surface area contributed by atoms with Crippen LogP contribution < -0.4 is 5.32 Å². The second-order valence-electron chi connectivity index (χ2n) is 5.84. The van der Waals surface area contributed by atoms with Gasteiger partial charge in [0.15, 0.2) is 5.82 Å². The minimum Gasteiger partial charge on any atom is -0.326 e. The summed E-state index contributed by atoms with van der Waals surface area (Å²) in [4.78, 5) is 12.2. The molecule has 1 N–H and O–H groups in total. The van der Waals surface area contributed by atoms with Crippen LogP contribution in [0.2, 0.25) is 5.02 Å². The lowest BCUT2D eigenvalue weighted by atomic mass is 10.1. The number of rotatable bonds is 5. The van der Waals surface area contributed by atoms with E-state index < -0.39 is 0 Å². The standard InChI is InChI=1S/C18H18ClN5O/c1-12-6-7-13(10-16(12)19)8-9-17(25)20-15-5-3-4-14(11-15)18-21-22-23-24(18)2/h3-7,10-11H,8-9H2,1-2H3,(H,20,25). The molecule has 6 nitrogen and oxygen atoms in total. The van der Waals surface area contributed by atoms with Crippen LogP contribution in [0.25, 0.3) is 11.4 Å². The first-order valence-corrected chi connectivity index (χ1v) is 8.28. The summed E-state index contributed by atoms with van der Waals surface area (Å²) in [7, 11) is 1.77. The number of benzene rings is 2. The van der Waals surface area contributed by atoms with Gasteiger partial charge in [0.2, 0.25) is 5.91 Å². The molecule has 0 unspecified atom stereocenters. The predicted octanol–water partition coefficient (Wildman–Crippen LogP) is 3.41. The summed E-state index contributed by atoms with van der Waals surface area (Å²) >= 11 is 6.12. The van der Waals surface area contributed by atoms with E-state index in [0.717, 1.165) is 21.7 Å². The van der Waals surface area contributed by atoms with Crippen molar-refractivity contribution in [3.05, 3.63) is 58.6 Å². The Balaban J connectivity index is 1.63. The van der Waals surface area contributed by atoms with Gasteiger partial charge >= 0.3 is 0 Å². The van der Waals surface area contributed by atoms with Gasteiger partial charge in [-0.25, -0.2) is 4.68 Å². The maximum absolute atomic E-state index is 12.2. The van der Waals surface area contributed by atoms with Crippen LogP contribution in [0, 0.1) is 6.92 Å². The molecule has 1 aromatic heterocycles. The molecule has 0 saturated carbocycles. The van der Waals surface area contributed by atoms with E-state index in [9.17, 15) is 4.79 Å². The first kappa shape index (κ1) is 17.1. The van der Waals surface area contributed by atoms with E-state index in [1.807, 2.05) is 49.4 Å². The maximum Gasteiger partial charge on any atom is 0.224 e. The molecule has 0 spiro atoms. The van der Waals surface area contributed by atoms with Gasteiger partial charge < -0.3 is 5.32 Å². The molecule has 25 heavy (non-hydrogen) atoms. The van der Waals surface area contributed by atoms with Crippen molar-refractivity contribution in [2.24, 2.45) is 7.05 Å². The van der Waals surface area contributed by atoms with Crippen molar-refractivity contribution in [1.82, 2.24) is 20.2 Å². The Morgan fingerprint density at radius 1 is 1.24 bits per heavy atom. The molecule has 0 aliphatic heterocycles. The van der Waals surface area contributed by atoms with Gasteiger partial charge in [-0.2, -0.15) is 0 Å². The van der Waals surface area contributed by atoms with Crippen LogP contribution in [0.15, 0.2) is 42.5 Å². The molecule has 1 heterocycles. The van der Waals surface area contributed by atoms with Crippen molar-refractivity contribution >= 4 is 23.2 Å². The summed E-state index contributed by atoms with van der Waals surface area (Å²) in [6.45, 7) is 1.96. The van der Waals surface area contributed by atoms with Crippen molar-refractivity contribution in [2.75, 3.05) is 5.32 Å². The number of halogens is 1. The second-order valence-corrected chi connectivity index (χ2v) is 6.25. The van der Waals surface area contributed by atoms with E-state index in [2.05, 4.69) is 20.8 Å². The van der Waals surface area contributed by atoms with Gasteiger partial charge in [-0.05, 0) is 53.1 Å². The van der Waals surface area contributed by atoms with Gasteiger partial charge in [0.1, 0.15) is 0 Å². The summed E-state index contributed by atoms with van der Waals surface area (Å²) in [5, 5.41) is 15.1. The summed E-state index contributed by atoms with van der Waals surface area (Å²) in [6.07, 6.45) is 1.02. The molecule has 0 aliphatic carbocycles. The summed E-state index contributed by atoms with van der Waals surface area (Å²) < 4.78 is 1.59.